The molecule has 1 heterocycles. The number of hydrogen-bond donors (Lipinski definition) is 0. The van der Waals surface area contributed by atoms with Crippen LogP contribution < -0.4 is 4.90 Å². The Morgan fingerprint density at radius 3 is 2.54 bits per heavy atom. The Balaban J connectivity index is 1.74. The fourth-order valence-electron chi connectivity index (χ4n) is 2.16. The lowest BCUT2D eigenvalue weighted by Gasteiger charge is -2.17. The molecule has 3 rings (SSSR count). The van der Waals surface area contributed by atoms with Crippen molar-refractivity contribution >= 4 is 51.4 Å². The molecule has 3 aromatic rings. The number of aromatic nitrogens is 1. The van der Waals surface area contributed by atoms with Gasteiger partial charge < -0.3 is 0 Å². The Hall–Kier alpha value is -1.82. The van der Waals surface area contributed by atoms with Crippen LogP contribution in [0.3, 0.4) is 0 Å². The van der Waals surface area contributed by atoms with Gasteiger partial charge in [0.05, 0.1) is 11.4 Å². The molecule has 1 amide bonds. The highest BCUT2D eigenvalue weighted by atomic mass is 35.5. The zero-order chi connectivity index (χ0) is 16.9. The van der Waals surface area contributed by atoms with Gasteiger partial charge in [0, 0.05) is 28.0 Å². The molecule has 0 saturated heterocycles. The molecule has 0 fully saturated rings. The van der Waals surface area contributed by atoms with Gasteiger partial charge in [0.1, 0.15) is 0 Å². The fraction of sp³-hybridized carbons (Fsp3) is 0.111. The largest absolute Gasteiger partial charge is 0.274 e. The van der Waals surface area contributed by atoms with Crippen molar-refractivity contribution < 1.29 is 4.79 Å². The van der Waals surface area contributed by atoms with Gasteiger partial charge in [-0.25, -0.2) is 4.98 Å². The summed E-state index contributed by atoms with van der Waals surface area (Å²) in [6, 6.07) is 17.3. The lowest BCUT2D eigenvalue weighted by atomic mass is 10.3. The summed E-state index contributed by atoms with van der Waals surface area (Å²) in [7, 11) is 0. The summed E-state index contributed by atoms with van der Waals surface area (Å²) in [4.78, 5) is 19.4. The van der Waals surface area contributed by atoms with Crippen LogP contribution in [0.25, 0.3) is 0 Å². The van der Waals surface area contributed by atoms with E-state index in [0.29, 0.717) is 5.13 Å². The van der Waals surface area contributed by atoms with Crippen molar-refractivity contribution in [1.82, 2.24) is 4.98 Å². The van der Waals surface area contributed by atoms with Crippen molar-refractivity contribution in [3.63, 3.8) is 0 Å². The second kappa shape index (κ2) is 7.83. The van der Waals surface area contributed by atoms with Gasteiger partial charge >= 0.3 is 0 Å². The van der Waals surface area contributed by atoms with E-state index in [1.165, 1.54) is 11.3 Å². The maximum atomic E-state index is 12.0. The molecular weight excluding hydrogens is 360 g/mol. The zero-order valence-corrected chi connectivity index (χ0v) is 15.4. The van der Waals surface area contributed by atoms with Crippen molar-refractivity contribution in [2.45, 2.75) is 17.6 Å². The summed E-state index contributed by atoms with van der Waals surface area (Å²) in [5.74, 6) is 0.700. The van der Waals surface area contributed by atoms with E-state index in [4.69, 9.17) is 11.6 Å². The highest BCUT2D eigenvalue weighted by Crippen LogP contribution is 2.31. The minimum atomic E-state index is -0.0487. The molecular formula is C18H15ClN2OS2. The Bertz CT molecular complexity index is 819. The maximum absolute atomic E-state index is 12.0. The monoisotopic (exact) mass is 374 g/mol. The van der Waals surface area contributed by atoms with Gasteiger partial charge in [-0.15, -0.1) is 23.1 Å². The molecule has 0 N–H and O–H groups in total. The van der Waals surface area contributed by atoms with Gasteiger partial charge in [-0.1, -0.05) is 29.8 Å². The van der Waals surface area contributed by atoms with E-state index in [2.05, 4.69) is 4.98 Å². The van der Waals surface area contributed by atoms with Gasteiger partial charge in [-0.05, 0) is 36.4 Å². The summed E-state index contributed by atoms with van der Waals surface area (Å²) < 4.78 is 0. The van der Waals surface area contributed by atoms with E-state index in [0.717, 1.165) is 27.1 Å². The first kappa shape index (κ1) is 17.0. The molecule has 0 spiro atoms. The third-order valence-corrected chi connectivity index (χ3v) is 5.43. The molecule has 0 aliphatic heterocycles. The third-order valence-electron chi connectivity index (χ3n) is 3.26. The van der Waals surface area contributed by atoms with Crippen molar-refractivity contribution in [1.29, 1.82) is 0 Å². The molecule has 0 aliphatic rings. The second-order valence-corrected chi connectivity index (χ2v) is 7.38. The summed E-state index contributed by atoms with van der Waals surface area (Å²) in [5, 5.41) is 3.42. The number of carbonyl (C=O) groups is 1. The number of amides is 1. The average molecular weight is 375 g/mol. The Labute approximate surface area is 154 Å². The van der Waals surface area contributed by atoms with Gasteiger partial charge in [-0.2, -0.15) is 0 Å². The number of rotatable bonds is 5. The van der Waals surface area contributed by atoms with Gasteiger partial charge in [0.15, 0.2) is 5.13 Å². The molecule has 0 unspecified atom stereocenters. The predicted octanol–water partition coefficient (Wildman–Crippen LogP) is 5.77. The number of para-hydroxylation sites is 1. The average Bonchev–Trinajstić information content (AvgIpc) is 3.03. The summed E-state index contributed by atoms with van der Waals surface area (Å²) >= 11 is 9.07. The molecule has 0 atom stereocenters. The summed E-state index contributed by atoms with van der Waals surface area (Å²) in [6.07, 6.45) is 0. The number of halogens is 1. The molecule has 1 aromatic heterocycles. The number of hydrogen-bond acceptors (Lipinski definition) is 4. The molecule has 3 nitrogen and oxygen atoms in total. The normalized spacial score (nSPS) is 10.6. The lowest BCUT2D eigenvalue weighted by molar-refractivity contribution is -0.115. The van der Waals surface area contributed by atoms with E-state index in [1.54, 1.807) is 23.6 Å². The van der Waals surface area contributed by atoms with Crippen LogP contribution in [-0.2, 0) is 10.5 Å². The van der Waals surface area contributed by atoms with Crippen LogP contribution in [-0.4, -0.2) is 10.9 Å². The first-order valence-corrected chi connectivity index (χ1v) is 9.56. The van der Waals surface area contributed by atoms with Gasteiger partial charge in [-0.3, -0.25) is 9.69 Å². The van der Waals surface area contributed by atoms with E-state index < -0.39 is 0 Å². The third kappa shape index (κ3) is 4.17. The molecule has 0 saturated carbocycles. The van der Waals surface area contributed by atoms with E-state index >= 15 is 0 Å². The van der Waals surface area contributed by atoms with Crippen LogP contribution in [0, 0.1) is 0 Å². The van der Waals surface area contributed by atoms with E-state index in [9.17, 15) is 4.79 Å². The van der Waals surface area contributed by atoms with E-state index in [-0.39, 0.29) is 5.91 Å². The second-order valence-electron chi connectivity index (χ2n) is 5.05. The maximum Gasteiger partial charge on any atom is 0.230 e. The number of anilines is 2. The number of carbonyl (C=O) groups excluding carboxylic acids is 1. The number of thiazole rings is 1. The molecule has 2 aromatic carbocycles. The Morgan fingerprint density at radius 2 is 1.88 bits per heavy atom. The van der Waals surface area contributed by atoms with Crippen LogP contribution in [0.1, 0.15) is 12.6 Å². The van der Waals surface area contributed by atoms with Gasteiger partial charge in [0.25, 0.3) is 0 Å². The number of nitrogens with zero attached hydrogens (tertiary/aromatic N) is 2. The first-order chi connectivity index (χ1) is 11.6. The van der Waals surface area contributed by atoms with Crippen LogP contribution in [0.5, 0.6) is 0 Å². The zero-order valence-electron chi connectivity index (χ0n) is 13.0. The number of thioether (sulfide) groups is 1. The first-order valence-electron chi connectivity index (χ1n) is 7.32. The quantitative estimate of drug-likeness (QED) is 0.531. The predicted molar refractivity (Wildman–Crippen MR) is 102 cm³/mol. The van der Waals surface area contributed by atoms with Crippen molar-refractivity contribution in [2.24, 2.45) is 0 Å². The van der Waals surface area contributed by atoms with Gasteiger partial charge in [0.2, 0.25) is 5.91 Å². The van der Waals surface area contributed by atoms with Crippen LogP contribution in [0.4, 0.5) is 10.8 Å². The molecule has 24 heavy (non-hydrogen) atoms. The minimum Gasteiger partial charge on any atom is -0.274 e. The fourth-order valence-corrected chi connectivity index (χ4v) is 4.07. The Morgan fingerprint density at radius 1 is 1.17 bits per heavy atom. The smallest absolute Gasteiger partial charge is 0.230 e. The minimum absolute atomic E-state index is 0.0487. The lowest BCUT2D eigenvalue weighted by Crippen LogP contribution is -2.22. The SMILES string of the molecule is CC(=O)N(c1ccccc1)c1nc(CSc2ccc(Cl)cc2)cs1. The molecule has 122 valence electrons. The highest BCUT2D eigenvalue weighted by molar-refractivity contribution is 7.98. The van der Waals surface area contributed by atoms with Crippen molar-refractivity contribution in [3.05, 3.63) is 70.7 Å². The van der Waals surface area contributed by atoms with Crippen LogP contribution >= 0.6 is 34.7 Å². The Kier molecular flexibility index (Phi) is 5.56. The van der Waals surface area contributed by atoms with Crippen molar-refractivity contribution in [2.75, 3.05) is 4.90 Å². The summed E-state index contributed by atoms with van der Waals surface area (Å²) in [5.41, 5.74) is 1.79. The van der Waals surface area contributed by atoms with Crippen LogP contribution in [0.15, 0.2) is 64.9 Å². The molecule has 0 radical (unpaired) electrons. The highest BCUT2D eigenvalue weighted by Gasteiger charge is 2.17. The van der Waals surface area contributed by atoms with Crippen molar-refractivity contribution in [3.8, 4) is 0 Å². The molecule has 0 aliphatic carbocycles. The van der Waals surface area contributed by atoms with Crippen LogP contribution in [0.2, 0.25) is 5.02 Å². The molecule has 0 bridgehead atoms. The number of benzene rings is 2. The molecule has 6 heteroatoms. The van der Waals surface area contributed by atoms with E-state index in [1.807, 2.05) is 60.0 Å². The standard InChI is InChI=1S/C18H15ClN2OS2/c1-13(22)21(16-5-3-2-4-6-16)18-20-15(12-24-18)11-23-17-9-7-14(19)8-10-17/h2-10,12H,11H2,1H3. The summed E-state index contributed by atoms with van der Waals surface area (Å²) in [6.45, 7) is 1.55. The topological polar surface area (TPSA) is 33.2 Å².